The Kier molecular flexibility index (Phi) is 8.03. The van der Waals surface area contributed by atoms with Gasteiger partial charge in [0.25, 0.3) is 0 Å². The van der Waals surface area contributed by atoms with Crippen molar-refractivity contribution in [2.24, 2.45) is 5.92 Å². The Labute approximate surface area is 190 Å². The largest absolute Gasteiger partial charge is 0.362 e. The van der Waals surface area contributed by atoms with E-state index < -0.39 is 0 Å². The Balaban J connectivity index is 1.46. The Morgan fingerprint density at radius 2 is 1.91 bits per heavy atom. The second kappa shape index (κ2) is 10.9. The van der Waals surface area contributed by atoms with Crippen molar-refractivity contribution in [2.45, 2.75) is 58.5 Å². The fourth-order valence-corrected chi connectivity index (χ4v) is 3.98. The summed E-state index contributed by atoms with van der Waals surface area (Å²) < 4.78 is 0. The van der Waals surface area contributed by atoms with Crippen molar-refractivity contribution in [3.05, 3.63) is 41.6 Å². The number of amides is 2. The molecule has 32 heavy (non-hydrogen) atoms. The van der Waals surface area contributed by atoms with Gasteiger partial charge >= 0.3 is 0 Å². The molecule has 1 aliphatic carbocycles. The monoisotopic (exact) mass is 438 g/mol. The van der Waals surface area contributed by atoms with Gasteiger partial charge in [-0.1, -0.05) is 19.1 Å². The number of carbonyl (C=O) groups is 2. The van der Waals surface area contributed by atoms with Gasteiger partial charge in [0.1, 0.15) is 5.82 Å². The van der Waals surface area contributed by atoms with Crippen molar-refractivity contribution in [3.8, 4) is 0 Å². The average Bonchev–Trinajstić information content (AvgIpc) is 2.79. The van der Waals surface area contributed by atoms with E-state index in [0.29, 0.717) is 18.9 Å². The zero-order valence-electron chi connectivity index (χ0n) is 19.4. The standard InChI is InChI=1S/C24H34N6O2/c1-5-21(31)27-20-8-6-7-17(13-20)15-25-23(32)18-9-11-19(12-10-18)28-24-26-14-16(2)22(29-24)30(3)4/h6-8,13-14,18-19H,5,9-12,15H2,1-4H3,(H,25,32)(H,27,31)(H,26,28,29)/t18-,19+. The molecule has 2 aromatic rings. The van der Waals surface area contributed by atoms with Crippen LogP contribution in [0.2, 0.25) is 0 Å². The molecule has 1 aromatic carbocycles. The summed E-state index contributed by atoms with van der Waals surface area (Å²) in [7, 11) is 3.95. The minimum atomic E-state index is -0.0227. The van der Waals surface area contributed by atoms with Crippen LogP contribution >= 0.6 is 0 Å². The molecule has 0 radical (unpaired) electrons. The second-order valence-electron chi connectivity index (χ2n) is 8.61. The van der Waals surface area contributed by atoms with E-state index in [4.69, 9.17) is 0 Å². The number of aryl methyl sites for hydroxylation is 1. The zero-order chi connectivity index (χ0) is 23.1. The minimum absolute atomic E-state index is 0.0206. The highest BCUT2D eigenvalue weighted by Crippen LogP contribution is 2.27. The Morgan fingerprint density at radius 1 is 1.16 bits per heavy atom. The molecule has 0 saturated heterocycles. The van der Waals surface area contributed by atoms with Crippen LogP contribution in [-0.4, -0.2) is 41.9 Å². The third-order valence-electron chi connectivity index (χ3n) is 5.80. The van der Waals surface area contributed by atoms with E-state index in [1.54, 1.807) is 0 Å². The van der Waals surface area contributed by atoms with Gasteiger partial charge < -0.3 is 20.9 Å². The Morgan fingerprint density at radius 3 is 2.59 bits per heavy atom. The fourth-order valence-electron chi connectivity index (χ4n) is 3.98. The molecule has 0 spiro atoms. The van der Waals surface area contributed by atoms with Crippen LogP contribution in [0.5, 0.6) is 0 Å². The van der Waals surface area contributed by atoms with Crippen molar-refractivity contribution in [2.75, 3.05) is 29.6 Å². The van der Waals surface area contributed by atoms with E-state index >= 15 is 0 Å². The van der Waals surface area contributed by atoms with E-state index in [0.717, 1.165) is 48.3 Å². The van der Waals surface area contributed by atoms with Crippen molar-refractivity contribution in [3.63, 3.8) is 0 Å². The lowest BCUT2D eigenvalue weighted by Crippen LogP contribution is -2.36. The lowest BCUT2D eigenvalue weighted by molar-refractivity contribution is -0.126. The zero-order valence-corrected chi connectivity index (χ0v) is 19.4. The van der Waals surface area contributed by atoms with Crippen LogP contribution in [0.1, 0.15) is 50.2 Å². The number of anilines is 3. The number of benzene rings is 1. The number of nitrogens with one attached hydrogen (secondary N) is 3. The smallest absolute Gasteiger partial charge is 0.224 e. The molecule has 0 unspecified atom stereocenters. The highest BCUT2D eigenvalue weighted by Gasteiger charge is 2.26. The molecule has 1 heterocycles. The quantitative estimate of drug-likeness (QED) is 0.584. The van der Waals surface area contributed by atoms with Crippen molar-refractivity contribution in [1.82, 2.24) is 15.3 Å². The lowest BCUT2D eigenvalue weighted by atomic mass is 9.85. The van der Waals surface area contributed by atoms with Gasteiger partial charge in [-0.2, -0.15) is 4.98 Å². The summed E-state index contributed by atoms with van der Waals surface area (Å²) in [6.07, 6.45) is 5.76. The molecule has 0 bridgehead atoms. The van der Waals surface area contributed by atoms with Crippen LogP contribution < -0.4 is 20.9 Å². The summed E-state index contributed by atoms with van der Waals surface area (Å²) in [5, 5.41) is 9.33. The van der Waals surface area contributed by atoms with Crippen molar-refractivity contribution >= 4 is 29.3 Å². The first-order valence-corrected chi connectivity index (χ1v) is 11.3. The molecule has 8 nitrogen and oxygen atoms in total. The van der Waals surface area contributed by atoms with Gasteiger partial charge in [0.15, 0.2) is 0 Å². The summed E-state index contributed by atoms with van der Waals surface area (Å²) in [5.41, 5.74) is 2.76. The molecule has 1 aromatic heterocycles. The summed E-state index contributed by atoms with van der Waals surface area (Å²) in [4.78, 5) is 35.2. The summed E-state index contributed by atoms with van der Waals surface area (Å²) >= 11 is 0. The van der Waals surface area contributed by atoms with Gasteiger partial charge in [-0.3, -0.25) is 9.59 Å². The molecule has 0 aliphatic heterocycles. The van der Waals surface area contributed by atoms with Crippen molar-refractivity contribution < 1.29 is 9.59 Å². The number of hydrogen-bond acceptors (Lipinski definition) is 6. The fraction of sp³-hybridized carbons (Fsp3) is 0.500. The van der Waals surface area contributed by atoms with Gasteiger partial charge in [0, 0.05) is 56.5 Å². The third-order valence-corrected chi connectivity index (χ3v) is 5.80. The predicted octanol–water partition coefficient (Wildman–Crippen LogP) is 3.49. The number of nitrogens with zero attached hydrogens (tertiary/aromatic N) is 3. The Hall–Kier alpha value is -3.16. The molecule has 1 saturated carbocycles. The summed E-state index contributed by atoms with van der Waals surface area (Å²) in [5.74, 6) is 1.64. The van der Waals surface area contributed by atoms with Gasteiger partial charge in [-0.25, -0.2) is 4.98 Å². The molecule has 3 N–H and O–H groups in total. The number of carbonyl (C=O) groups excluding carboxylic acids is 2. The van der Waals surface area contributed by atoms with Crippen LogP contribution in [0, 0.1) is 12.8 Å². The van der Waals surface area contributed by atoms with E-state index in [2.05, 4.69) is 25.9 Å². The first-order valence-electron chi connectivity index (χ1n) is 11.3. The maximum Gasteiger partial charge on any atom is 0.224 e. The maximum absolute atomic E-state index is 12.7. The highest BCUT2D eigenvalue weighted by atomic mass is 16.2. The molecule has 1 fully saturated rings. The number of rotatable bonds is 8. The summed E-state index contributed by atoms with van der Waals surface area (Å²) in [6, 6.07) is 7.87. The van der Waals surface area contributed by atoms with Gasteiger partial charge in [0.05, 0.1) is 0 Å². The van der Waals surface area contributed by atoms with Gasteiger partial charge in [0.2, 0.25) is 17.8 Å². The molecular weight excluding hydrogens is 404 g/mol. The van der Waals surface area contributed by atoms with Crippen LogP contribution in [0.25, 0.3) is 0 Å². The molecule has 2 amide bonds. The maximum atomic E-state index is 12.7. The normalized spacial score (nSPS) is 18.0. The van der Waals surface area contributed by atoms with Crippen molar-refractivity contribution in [1.29, 1.82) is 0 Å². The van der Waals surface area contributed by atoms with Crippen LogP contribution in [0.3, 0.4) is 0 Å². The highest BCUT2D eigenvalue weighted by molar-refractivity contribution is 5.90. The lowest BCUT2D eigenvalue weighted by Gasteiger charge is -2.28. The second-order valence-corrected chi connectivity index (χ2v) is 8.61. The number of aromatic nitrogens is 2. The Bertz CT molecular complexity index is 938. The topological polar surface area (TPSA) is 99.2 Å². The molecule has 172 valence electrons. The number of hydrogen-bond donors (Lipinski definition) is 3. The van der Waals surface area contributed by atoms with E-state index in [-0.39, 0.29) is 23.8 Å². The van der Waals surface area contributed by atoms with Crippen LogP contribution in [0.15, 0.2) is 30.5 Å². The molecular formula is C24H34N6O2. The molecule has 1 aliphatic rings. The molecule has 3 rings (SSSR count). The van der Waals surface area contributed by atoms with E-state index in [1.807, 2.05) is 63.3 Å². The first kappa shape index (κ1) is 23.5. The van der Waals surface area contributed by atoms with Gasteiger partial charge in [-0.05, 0) is 50.3 Å². The average molecular weight is 439 g/mol. The molecule has 8 heteroatoms. The third kappa shape index (κ3) is 6.42. The SMILES string of the molecule is CCC(=O)Nc1cccc(CNC(=O)[C@H]2CC[C@@H](Nc3ncc(C)c(N(C)C)n3)CC2)c1. The van der Waals surface area contributed by atoms with E-state index in [9.17, 15) is 9.59 Å². The molecule has 0 atom stereocenters. The predicted molar refractivity (Wildman–Crippen MR) is 128 cm³/mol. The minimum Gasteiger partial charge on any atom is -0.362 e. The van der Waals surface area contributed by atoms with Crippen LogP contribution in [0.4, 0.5) is 17.5 Å². The van der Waals surface area contributed by atoms with Crippen LogP contribution in [-0.2, 0) is 16.1 Å². The first-order chi connectivity index (χ1) is 15.4. The van der Waals surface area contributed by atoms with E-state index in [1.165, 1.54) is 0 Å². The van der Waals surface area contributed by atoms with Gasteiger partial charge in [-0.15, -0.1) is 0 Å². The summed E-state index contributed by atoms with van der Waals surface area (Å²) in [6.45, 7) is 4.27.